The zero-order chi connectivity index (χ0) is 22.3. The molecule has 0 fully saturated rings. The number of allylic oxidation sites excluding steroid dienone is 2. The number of anilines is 1. The molecule has 0 saturated heterocycles. The lowest BCUT2D eigenvalue weighted by Crippen LogP contribution is -2.44. The van der Waals surface area contributed by atoms with Crippen molar-refractivity contribution < 1.29 is 23.5 Å². The smallest absolute Gasteiger partial charge is 0.232 e. The molecule has 6 heteroatoms. The van der Waals surface area contributed by atoms with Gasteiger partial charge in [-0.2, -0.15) is 0 Å². The van der Waals surface area contributed by atoms with E-state index < -0.39 is 11.7 Å². The molecule has 0 N–H and O–H groups in total. The summed E-state index contributed by atoms with van der Waals surface area (Å²) in [4.78, 5) is 28.2. The number of halogens is 1. The van der Waals surface area contributed by atoms with Crippen molar-refractivity contribution in [3.05, 3.63) is 65.1 Å². The van der Waals surface area contributed by atoms with Gasteiger partial charge in [0.05, 0.1) is 19.9 Å². The van der Waals surface area contributed by atoms with Crippen molar-refractivity contribution in [2.24, 2.45) is 5.41 Å². The number of amides is 1. The van der Waals surface area contributed by atoms with Crippen LogP contribution in [-0.2, 0) is 9.59 Å². The Hall–Kier alpha value is -3.15. The Balaban J connectivity index is 1.95. The van der Waals surface area contributed by atoms with Crippen LogP contribution in [0, 0.1) is 11.2 Å². The zero-order valence-electron chi connectivity index (χ0n) is 18.2. The maximum atomic E-state index is 14.7. The summed E-state index contributed by atoms with van der Waals surface area (Å²) in [5.41, 5.74) is 1.72. The number of hydrogen-bond donors (Lipinski definition) is 0. The van der Waals surface area contributed by atoms with Crippen molar-refractivity contribution in [2.45, 2.75) is 39.0 Å². The fourth-order valence-electron chi connectivity index (χ4n) is 4.71. The summed E-state index contributed by atoms with van der Waals surface area (Å²) in [6.07, 6.45) is 0.910. The van der Waals surface area contributed by atoms with Gasteiger partial charge in [-0.25, -0.2) is 4.39 Å². The molecule has 162 valence electrons. The van der Waals surface area contributed by atoms with Gasteiger partial charge in [-0.3, -0.25) is 14.5 Å². The average Bonchev–Trinajstić information content (AvgIpc) is 2.72. The summed E-state index contributed by atoms with van der Waals surface area (Å²) in [6, 6.07) is 11.6. The topological polar surface area (TPSA) is 55.8 Å². The van der Waals surface area contributed by atoms with E-state index in [1.807, 2.05) is 19.9 Å². The third-order valence-corrected chi connectivity index (χ3v) is 6.05. The van der Waals surface area contributed by atoms with Gasteiger partial charge in [-0.1, -0.05) is 26.0 Å². The SMILES string of the molecule is COc1ccc(OC)c(C2CC(=O)N(c3ccccc3F)C3=C2C(=O)CC(C)(C)C3)c1. The molecular weight excluding hydrogens is 397 g/mol. The summed E-state index contributed by atoms with van der Waals surface area (Å²) < 4.78 is 25.6. The lowest BCUT2D eigenvalue weighted by molar-refractivity contribution is -0.121. The van der Waals surface area contributed by atoms with Crippen molar-refractivity contribution in [3.63, 3.8) is 0 Å². The molecule has 0 aromatic heterocycles. The first-order valence-electron chi connectivity index (χ1n) is 10.3. The lowest BCUT2D eigenvalue weighted by Gasteiger charge is -2.43. The van der Waals surface area contributed by atoms with Gasteiger partial charge >= 0.3 is 0 Å². The second kappa shape index (κ2) is 7.84. The number of Topliss-reactive ketones (excluding diaryl/α,β-unsaturated/α-hetero) is 1. The Kier molecular flexibility index (Phi) is 5.33. The van der Waals surface area contributed by atoms with Crippen LogP contribution in [0.15, 0.2) is 53.7 Å². The number of nitrogens with zero attached hydrogens (tertiary/aromatic N) is 1. The molecule has 1 unspecified atom stereocenters. The quantitative estimate of drug-likeness (QED) is 0.694. The Morgan fingerprint density at radius 1 is 1.03 bits per heavy atom. The average molecular weight is 423 g/mol. The molecule has 2 aromatic rings. The number of hydrogen-bond acceptors (Lipinski definition) is 4. The van der Waals surface area contributed by atoms with Crippen LogP contribution in [0.3, 0.4) is 0 Å². The maximum absolute atomic E-state index is 14.7. The monoisotopic (exact) mass is 423 g/mol. The minimum atomic E-state index is -0.490. The molecule has 5 nitrogen and oxygen atoms in total. The summed E-state index contributed by atoms with van der Waals surface area (Å²) >= 11 is 0. The first-order valence-corrected chi connectivity index (χ1v) is 10.3. The van der Waals surface area contributed by atoms with E-state index in [-0.39, 0.29) is 29.2 Å². The molecule has 0 radical (unpaired) electrons. The molecule has 4 rings (SSSR count). The number of carbonyl (C=O) groups excluding carboxylic acids is 2. The molecule has 0 saturated carbocycles. The van der Waals surface area contributed by atoms with E-state index in [9.17, 15) is 14.0 Å². The van der Waals surface area contributed by atoms with E-state index in [1.165, 1.54) is 11.0 Å². The van der Waals surface area contributed by atoms with Gasteiger partial charge in [0.1, 0.15) is 17.3 Å². The van der Waals surface area contributed by atoms with Crippen LogP contribution >= 0.6 is 0 Å². The van der Waals surface area contributed by atoms with Gasteiger partial charge in [-0.15, -0.1) is 0 Å². The van der Waals surface area contributed by atoms with Crippen LogP contribution in [0.5, 0.6) is 11.5 Å². The molecule has 0 spiro atoms. The molecule has 1 aliphatic heterocycles. The first kappa shape index (κ1) is 21.1. The van der Waals surface area contributed by atoms with Crippen LogP contribution in [0.1, 0.15) is 44.6 Å². The molecule has 2 aliphatic rings. The van der Waals surface area contributed by atoms with Gasteiger partial charge in [-0.05, 0) is 42.2 Å². The molecule has 2 aromatic carbocycles. The van der Waals surface area contributed by atoms with Crippen molar-refractivity contribution >= 4 is 17.4 Å². The largest absolute Gasteiger partial charge is 0.497 e. The highest BCUT2D eigenvalue weighted by Gasteiger charge is 2.45. The van der Waals surface area contributed by atoms with Crippen molar-refractivity contribution in [2.75, 3.05) is 19.1 Å². The number of para-hydroxylation sites is 1. The van der Waals surface area contributed by atoms with E-state index >= 15 is 0 Å². The summed E-state index contributed by atoms with van der Waals surface area (Å²) in [7, 11) is 3.12. The van der Waals surface area contributed by atoms with Gasteiger partial charge in [0, 0.05) is 35.6 Å². The molecule has 31 heavy (non-hydrogen) atoms. The van der Waals surface area contributed by atoms with E-state index in [4.69, 9.17) is 9.47 Å². The summed E-state index contributed by atoms with van der Waals surface area (Å²) in [5.74, 6) is -0.0257. The maximum Gasteiger partial charge on any atom is 0.232 e. The Bertz CT molecular complexity index is 1090. The van der Waals surface area contributed by atoms with Crippen molar-refractivity contribution in [1.29, 1.82) is 0 Å². The normalized spacial score (nSPS) is 20.5. The number of carbonyl (C=O) groups is 2. The van der Waals surface area contributed by atoms with Gasteiger partial charge in [0.2, 0.25) is 5.91 Å². The van der Waals surface area contributed by atoms with Crippen LogP contribution in [0.2, 0.25) is 0 Å². The fraction of sp³-hybridized carbons (Fsp3) is 0.360. The number of rotatable bonds is 4. The molecule has 1 amide bonds. The van der Waals surface area contributed by atoms with Crippen molar-refractivity contribution in [3.8, 4) is 11.5 Å². The fourth-order valence-corrected chi connectivity index (χ4v) is 4.71. The van der Waals surface area contributed by atoms with E-state index in [0.29, 0.717) is 35.6 Å². The van der Waals surface area contributed by atoms with Crippen LogP contribution in [0.4, 0.5) is 10.1 Å². The van der Waals surface area contributed by atoms with E-state index in [1.54, 1.807) is 44.6 Å². The Morgan fingerprint density at radius 2 is 1.77 bits per heavy atom. The minimum Gasteiger partial charge on any atom is -0.497 e. The minimum absolute atomic E-state index is 0.0186. The highest BCUT2D eigenvalue weighted by atomic mass is 19.1. The lowest BCUT2D eigenvalue weighted by atomic mass is 9.69. The second-order valence-corrected chi connectivity index (χ2v) is 8.85. The highest BCUT2D eigenvalue weighted by molar-refractivity contribution is 6.08. The number of methoxy groups -OCH3 is 2. The number of ketones is 1. The zero-order valence-corrected chi connectivity index (χ0v) is 18.2. The Morgan fingerprint density at radius 3 is 2.45 bits per heavy atom. The molecule has 1 atom stereocenters. The molecular formula is C25H26FNO4. The molecule has 1 aliphatic carbocycles. The number of benzene rings is 2. The van der Waals surface area contributed by atoms with E-state index in [2.05, 4.69) is 0 Å². The summed E-state index contributed by atoms with van der Waals surface area (Å²) in [5, 5.41) is 0. The van der Waals surface area contributed by atoms with Gasteiger partial charge < -0.3 is 9.47 Å². The summed E-state index contributed by atoms with van der Waals surface area (Å²) in [6.45, 7) is 3.99. The van der Waals surface area contributed by atoms with Crippen LogP contribution in [-0.4, -0.2) is 25.9 Å². The third-order valence-electron chi connectivity index (χ3n) is 6.05. The predicted molar refractivity (Wildman–Crippen MR) is 116 cm³/mol. The Labute approximate surface area is 181 Å². The standard InChI is InChI=1S/C25H26FNO4/c1-25(2)13-20-24(21(28)14-25)17(16-11-15(30-3)9-10-22(16)31-4)12-23(29)27(20)19-8-6-5-7-18(19)26/h5-11,17H,12-14H2,1-4H3. The molecule has 0 bridgehead atoms. The van der Waals surface area contributed by atoms with Crippen molar-refractivity contribution in [1.82, 2.24) is 0 Å². The van der Waals surface area contributed by atoms with Gasteiger partial charge in [0.25, 0.3) is 0 Å². The second-order valence-electron chi connectivity index (χ2n) is 8.85. The highest BCUT2D eigenvalue weighted by Crippen LogP contribution is 2.50. The van der Waals surface area contributed by atoms with E-state index in [0.717, 1.165) is 5.56 Å². The predicted octanol–water partition coefficient (Wildman–Crippen LogP) is 5.01. The molecule has 1 heterocycles. The van der Waals surface area contributed by atoms with Crippen LogP contribution in [0.25, 0.3) is 0 Å². The third kappa shape index (κ3) is 3.71. The number of ether oxygens (including phenoxy) is 2. The first-order chi connectivity index (χ1) is 14.8. The van der Waals surface area contributed by atoms with Gasteiger partial charge in [0.15, 0.2) is 5.78 Å². The van der Waals surface area contributed by atoms with Crippen LogP contribution < -0.4 is 14.4 Å².